The molecule has 1 unspecified atom stereocenters. The number of urea groups is 1. The van der Waals surface area contributed by atoms with E-state index in [0.29, 0.717) is 0 Å². The molecule has 2 aliphatic heterocycles. The summed E-state index contributed by atoms with van der Waals surface area (Å²) in [6.45, 7) is 0.273. The van der Waals surface area contributed by atoms with Gasteiger partial charge in [0.25, 0.3) is 0 Å². The number of nitrogens with zero attached hydrogens (tertiary/aromatic N) is 1. The fourth-order valence-corrected chi connectivity index (χ4v) is 2.95. The van der Waals surface area contributed by atoms with Gasteiger partial charge in [0.2, 0.25) is 5.91 Å². The van der Waals surface area contributed by atoms with Crippen LogP contribution in [0.5, 0.6) is 0 Å². The molecule has 0 aromatic rings. The molecular formula is C8H10N2O4S. The molecular weight excluding hydrogens is 220 g/mol. The van der Waals surface area contributed by atoms with E-state index in [4.69, 9.17) is 0 Å². The minimum absolute atomic E-state index is 0.0887. The molecule has 1 fully saturated rings. The third-order valence-electron chi connectivity index (χ3n) is 2.40. The summed E-state index contributed by atoms with van der Waals surface area (Å²) in [7, 11) is -3.17. The van der Waals surface area contributed by atoms with Crippen molar-refractivity contribution in [3.63, 3.8) is 0 Å². The van der Waals surface area contributed by atoms with Gasteiger partial charge in [-0.25, -0.2) is 13.2 Å². The topological polar surface area (TPSA) is 83.6 Å². The van der Waals surface area contributed by atoms with Crippen LogP contribution in [0.2, 0.25) is 0 Å². The molecule has 0 saturated carbocycles. The van der Waals surface area contributed by atoms with Gasteiger partial charge in [-0.05, 0) is 6.08 Å². The summed E-state index contributed by atoms with van der Waals surface area (Å²) in [6, 6.07) is -0.957. The first-order valence-electron chi connectivity index (χ1n) is 4.49. The zero-order valence-electron chi connectivity index (χ0n) is 7.84. The van der Waals surface area contributed by atoms with Crippen molar-refractivity contribution in [2.75, 3.05) is 12.3 Å². The van der Waals surface area contributed by atoms with Crippen LogP contribution in [0.1, 0.15) is 6.42 Å². The van der Waals surface area contributed by atoms with E-state index < -0.39 is 21.9 Å². The molecule has 6 nitrogen and oxygen atoms in total. The van der Waals surface area contributed by atoms with Crippen LogP contribution in [0.25, 0.3) is 0 Å². The molecule has 0 spiro atoms. The molecule has 0 bridgehead atoms. The quantitative estimate of drug-likeness (QED) is 0.641. The number of hydrogen-bond donors (Lipinski definition) is 1. The fourth-order valence-electron chi connectivity index (χ4n) is 1.65. The lowest BCUT2D eigenvalue weighted by atomic mass is 10.2. The maximum atomic E-state index is 11.4. The summed E-state index contributed by atoms with van der Waals surface area (Å²) in [6.07, 6.45) is 1.70. The average molecular weight is 230 g/mol. The number of amides is 3. The summed E-state index contributed by atoms with van der Waals surface area (Å²) < 4.78 is 22.3. The summed E-state index contributed by atoms with van der Waals surface area (Å²) in [5.74, 6) is -0.407. The van der Waals surface area contributed by atoms with Crippen molar-refractivity contribution in [3.05, 3.63) is 11.5 Å². The molecule has 0 radical (unpaired) electrons. The zero-order chi connectivity index (χ0) is 11.1. The Balaban J connectivity index is 2.10. The van der Waals surface area contributed by atoms with Crippen LogP contribution in [0.15, 0.2) is 11.5 Å². The number of sulfone groups is 1. The van der Waals surface area contributed by atoms with Crippen molar-refractivity contribution in [1.29, 1.82) is 0 Å². The van der Waals surface area contributed by atoms with E-state index >= 15 is 0 Å². The molecule has 0 aromatic heterocycles. The van der Waals surface area contributed by atoms with Gasteiger partial charge in [-0.3, -0.25) is 10.1 Å². The van der Waals surface area contributed by atoms with Crippen molar-refractivity contribution in [2.45, 2.75) is 12.5 Å². The molecule has 2 rings (SSSR count). The fraction of sp³-hybridized carbons (Fsp3) is 0.500. The van der Waals surface area contributed by atoms with Crippen LogP contribution in [-0.4, -0.2) is 43.6 Å². The molecule has 3 amide bonds. The Labute approximate surface area is 86.9 Å². The second-order valence-corrected chi connectivity index (χ2v) is 5.45. The summed E-state index contributed by atoms with van der Waals surface area (Å²) >= 11 is 0. The molecule has 1 atom stereocenters. The molecule has 1 N–H and O–H groups in total. The van der Waals surface area contributed by atoms with Gasteiger partial charge in [0.15, 0.2) is 9.84 Å². The van der Waals surface area contributed by atoms with Crippen molar-refractivity contribution in [2.24, 2.45) is 0 Å². The molecule has 0 aromatic carbocycles. The highest BCUT2D eigenvalue weighted by Gasteiger charge is 2.33. The van der Waals surface area contributed by atoms with Crippen LogP contribution in [0, 0.1) is 0 Å². The summed E-state index contributed by atoms with van der Waals surface area (Å²) in [5, 5.41) is 3.27. The number of rotatable bonds is 1. The number of carbonyl (C=O) groups is 2. The number of carbonyl (C=O) groups excluding carboxylic acids is 2. The predicted molar refractivity (Wildman–Crippen MR) is 51.6 cm³/mol. The minimum atomic E-state index is -3.17. The smallest absolute Gasteiger partial charge is 0.316 e. The van der Waals surface area contributed by atoms with Gasteiger partial charge < -0.3 is 4.90 Å². The molecule has 2 heterocycles. The van der Waals surface area contributed by atoms with Gasteiger partial charge in [-0.15, -0.1) is 0 Å². The van der Waals surface area contributed by atoms with E-state index in [0.717, 1.165) is 5.41 Å². The molecule has 0 aliphatic carbocycles. The van der Waals surface area contributed by atoms with Gasteiger partial charge in [-0.1, -0.05) is 0 Å². The monoisotopic (exact) mass is 230 g/mol. The summed E-state index contributed by atoms with van der Waals surface area (Å²) in [5.41, 5.74) is 0. The van der Waals surface area contributed by atoms with Gasteiger partial charge in [0.1, 0.15) is 0 Å². The zero-order valence-corrected chi connectivity index (χ0v) is 8.66. The number of hydrogen-bond acceptors (Lipinski definition) is 4. The largest absolute Gasteiger partial charge is 0.324 e. The Bertz CT molecular complexity index is 440. The van der Waals surface area contributed by atoms with Crippen LogP contribution in [0.3, 0.4) is 0 Å². The molecule has 1 saturated heterocycles. The van der Waals surface area contributed by atoms with E-state index in [2.05, 4.69) is 5.32 Å². The third-order valence-corrected chi connectivity index (χ3v) is 3.78. The van der Waals surface area contributed by atoms with Crippen molar-refractivity contribution >= 4 is 21.8 Å². The van der Waals surface area contributed by atoms with Crippen molar-refractivity contribution in [1.82, 2.24) is 10.2 Å². The first-order chi connectivity index (χ1) is 6.98. The van der Waals surface area contributed by atoms with E-state index in [1.54, 1.807) is 0 Å². The van der Waals surface area contributed by atoms with Gasteiger partial charge in [0.05, 0.1) is 11.8 Å². The maximum absolute atomic E-state index is 11.4. The Morgan fingerprint density at radius 2 is 2.13 bits per heavy atom. The van der Waals surface area contributed by atoms with Crippen LogP contribution in [0.4, 0.5) is 4.79 Å². The minimum Gasteiger partial charge on any atom is -0.316 e. The van der Waals surface area contributed by atoms with Crippen molar-refractivity contribution in [3.8, 4) is 0 Å². The lowest BCUT2D eigenvalue weighted by molar-refractivity contribution is -0.121. The lowest BCUT2D eigenvalue weighted by Gasteiger charge is -2.30. The second-order valence-electron chi connectivity index (χ2n) is 3.52. The molecule has 7 heteroatoms. The van der Waals surface area contributed by atoms with E-state index in [1.165, 1.54) is 11.0 Å². The van der Waals surface area contributed by atoms with E-state index in [1.807, 2.05) is 0 Å². The molecule has 82 valence electrons. The predicted octanol–water partition coefficient (Wildman–Crippen LogP) is -0.761. The lowest BCUT2D eigenvalue weighted by Crippen LogP contribution is -2.53. The van der Waals surface area contributed by atoms with Gasteiger partial charge >= 0.3 is 6.03 Å². The van der Waals surface area contributed by atoms with Crippen LogP contribution >= 0.6 is 0 Å². The van der Waals surface area contributed by atoms with Crippen molar-refractivity contribution < 1.29 is 18.0 Å². The average Bonchev–Trinajstić information content (AvgIpc) is 2.46. The number of imide groups is 1. The first kappa shape index (κ1) is 10.2. The second kappa shape index (κ2) is 3.34. The Morgan fingerprint density at radius 1 is 1.40 bits per heavy atom. The first-order valence-corrected chi connectivity index (χ1v) is 6.21. The standard InChI is InChI=1S/C8H10N2O4S/c11-7-1-3-10(8(12)9-7)6-2-4-15(13,14)5-6/h2,4,6H,1,3,5H2,(H,9,11,12). The maximum Gasteiger partial charge on any atom is 0.324 e. The van der Waals surface area contributed by atoms with Gasteiger partial charge in [-0.2, -0.15) is 0 Å². The van der Waals surface area contributed by atoms with Crippen LogP contribution < -0.4 is 5.32 Å². The third kappa shape index (κ3) is 2.01. The number of nitrogens with one attached hydrogen (secondary N) is 1. The van der Waals surface area contributed by atoms with E-state index in [-0.39, 0.29) is 24.6 Å². The molecule has 2 aliphatic rings. The SMILES string of the molecule is O=C1CCN(C2C=CS(=O)(=O)C2)C(=O)N1. The van der Waals surface area contributed by atoms with Crippen LogP contribution in [-0.2, 0) is 14.6 Å². The Hall–Kier alpha value is -1.37. The Kier molecular flexibility index (Phi) is 2.26. The van der Waals surface area contributed by atoms with E-state index in [9.17, 15) is 18.0 Å². The molecule has 15 heavy (non-hydrogen) atoms. The highest BCUT2D eigenvalue weighted by atomic mass is 32.2. The normalized spacial score (nSPS) is 29.3. The Morgan fingerprint density at radius 3 is 2.67 bits per heavy atom. The highest BCUT2D eigenvalue weighted by Crippen LogP contribution is 2.16. The van der Waals surface area contributed by atoms with Gasteiger partial charge in [0, 0.05) is 18.4 Å². The summed E-state index contributed by atoms with van der Waals surface area (Å²) in [4.78, 5) is 23.6. The highest BCUT2D eigenvalue weighted by molar-refractivity contribution is 7.94.